The molecule has 1 aromatic carbocycles. The van der Waals surface area contributed by atoms with Gasteiger partial charge in [0.15, 0.2) is 0 Å². The summed E-state index contributed by atoms with van der Waals surface area (Å²) < 4.78 is 31.0. The molecular formula is C19H27BrFNOS. The average molecular weight is 416 g/mol. The Hall–Kier alpha value is -0.360. The van der Waals surface area contributed by atoms with Gasteiger partial charge in [-0.25, -0.2) is 4.39 Å². The molecule has 0 saturated heterocycles. The highest BCUT2D eigenvalue weighted by molar-refractivity contribution is 9.10. The number of benzene rings is 1. The summed E-state index contributed by atoms with van der Waals surface area (Å²) in [6.07, 6.45) is 7.43. The third kappa shape index (κ3) is 5.07. The van der Waals surface area contributed by atoms with Gasteiger partial charge in [0.1, 0.15) is 10.6 Å². The molecule has 134 valence electrons. The Labute approximate surface area is 156 Å². The van der Waals surface area contributed by atoms with Crippen LogP contribution in [-0.2, 0) is 16.9 Å². The summed E-state index contributed by atoms with van der Waals surface area (Å²) in [5.74, 6) is -0.268. The average Bonchev–Trinajstić information content (AvgIpc) is 2.49. The summed E-state index contributed by atoms with van der Waals surface area (Å²) in [5, 5.41) is 0. The lowest BCUT2D eigenvalue weighted by molar-refractivity contribution is 0.391. The topological polar surface area (TPSA) is 35.1 Å². The van der Waals surface area contributed by atoms with E-state index in [0.29, 0.717) is 12.0 Å². The Morgan fingerprint density at radius 1 is 1.25 bits per heavy atom. The molecule has 0 radical (unpaired) electrons. The molecule has 1 N–H and O–H groups in total. The van der Waals surface area contributed by atoms with E-state index in [2.05, 4.69) is 26.7 Å². The second kappa shape index (κ2) is 7.90. The van der Waals surface area contributed by atoms with Crippen molar-refractivity contribution in [1.29, 1.82) is 0 Å². The van der Waals surface area contributed by atoms with Gasteiger partial charge in [0.25, 0.3) is 0 Å². The normalized spacial score (nSPS) is 19.5. The molecule has 0 aliphatic heterocycles. The number of halogens is 2. The Morgan fingerprint density at radius 2 is 1.96 bits per heavy atom. The van der Waals surface area contributed by atoms with Crippen LogP contribution in [0.25, 0.3) is 0 Å². The Bertz CT molecular complexity index is 614. The van der Waals surface area contributed by atoms with Crippen LogP contribution in [0.2, 0.25) is 0 Å². The molecule has 1 aliphatic carbocycles. The molecule has 0 heterocycles. The molecular weight excluding hydrogens is 389 g/mol. The number of hydrogen-bond donors (Lipinski definition) is 1. The van der Waals surface area contributed by atoms with E-state index in [1.807, 2.05) is 27.7 Å². The van der Waals surface area contributed by atoms with E-state index in [9.17, 15) is 8.94 Å². The molecule has 1 unspecified atom stereocenters. The van der Waals surface area contributed by atoms with Gasteiger partial charge in [0.05, 0.1) is 5.54 Å². The summed E-state index contributed by atoms with van der Waals surface area (Å²) in [5.41, 5.74) is 1.16. The van der Waals surface area contributed by atoms with Crippen LogP contribution in [0.5, 0.6) is 0 Å². The van der Waals surface area contributed by atoms with Gasteiger partial charge >= 0.3 is 0 Å². The van der Waals surface area contributed by atoms with E-state index in [1.54, 1.807) is 12.1 Å². The lowest BCUT2D eigenvalue weighted by Gasteiger charge is -2.36. The minimum atomic E-state index is -1.29. The zero-order valence-corrected chi connectivity index (χ0v) is 17.3. The number of allylic oxidation sites excluding steroid dienone is 1. The van der Waals surface area contributed by atoms with E-state index in [0.717, 1.165) is 17.3 Å². The first-order valence-electron chi connectivity index (χ1n) is 8.45. The molecule has 5 heteroatoms. The highest BCUT2D eigenvalue weighted by Gasteiger charge is 2.39. The van der Waals surface area contributed by atoms with Gasteiger partial charge in [0.2, 0.25) is 0 Å². The van der Waals surface area contributed by atoms with Crippen molar-refractivity contribution < 1.29 is 8.94 Å². The molecule has 2 nitrogen and oxygen atoms in total. The molecule has 0 fully saturated rings. The van der Waals surface area contributed by atoms with Gasteiger partial charge in [-0.3, -0.25) is 0 Å². The summed E-state index contributed by atoms with van der Waals surface area (Å²) >= 11 is 2.15. The van der Waals surface area contributed by atoms with Gasteiger partial charge in [-0.2, -0.15) is 0 Å². The van der Waals surface area contributed by atoms with Crippen LogP contribution in [0.15, 0.2) is 34.3 Å². The smallest absolute Gasteiger partial charge is 0.136 e. The van der Waals surface area contributed by atoms with Crippen molar-refractivity contribution in [1.82, 2.24) is 4.72 Å². The van der Waals surface area contributed by atoms with E-state index < -0.39 is 21.6 Å². The molecule has 2 rings (SSSR count). The van der Waals surface area contributed by atoms with Crippen molar-refractivity contribution in [3.8, 4) is 0 Å². The predicted octanol–water partition coefficient (Wildman–Crippen LogP) is 5.75. The van der Waals surface area contributed by atoms with Crippen molar-refractivity contribution in [2.45, 2.75) is 70.1 Å². The first-order valence-corrected chi connectivity index (χ1v) is 10.4. The van der Waals surface area contributed by atoms with E-state index in [4.69, 9.17) is 0 Å². The summed E-state index contributed by atoms with van der Waals surface area (Å²) in [7, 11) is 0. The van der Waals surface area contributed by atoms with Crippen molar-refractivity contribution in [3.05, 3.63) is 45.7 Å². The van der Waals surface area contributed by atoms with Crippen molar-refractivity contribution in [2.75, 3.05) is 0 Å². The molecule has 1 aromatic rings. The van der Waals surface area contributed by atoms with Gasteiger partial charge in [0, 0.05) is 21.4 Å². The van der Waals surface area contributed by atoms with Crippen LogP contribution in [0.4, 0.5) is 4.39 Å². The van der Waals surface area contributed by atoms with Gasteiger partial charge in [-0.05, 0) is 78.0 Å². The fourth-order valence-electron chi connectivity index (χ4n) is 2.98. The Balaban J connectivity index is 2.39. The predicted molar refractivity (Wildman–Crippen MR) is 104 cm³/mol. The molecule has 0 saturated carbocycles. The van der Waals surface area contributed by atoms with Crippen LogP contribution in [0.1, 0.15) is 65.4 Å². The fraction of sp³-hybridized carbons (Fsp3) is 0.579. The molecule has 24 heavy (non-hydrogen) atoms. The van der Waals surface area contributed by atoms with Crippen molar-refractivity contribution in [3.63, 3.8) is 0 Å². The Kier molecular flexibility index (Phi) is 6.57. The molecule has 0 amide bonds. The lowest BCUT2D eigenvalue weighted by atomic mass is 9.83. The second-order valence-corrected chi connectivity index (χ2v) is 10.6. The van der Waals surface area contributed by atoms with Gasteiger partial charge in [-0.1, -0.05) is 27.6 Å². The number of nitrogens with one attached hydrogen (secondary N) is 1. The van der Waals surface area contributed by atoms with E-state index in [1.165, 1.54) is 24.5 Å². The molecule has 0 aromatic heterocycles. The zero-order chi connectivity index (χ0) is 18.0. The lowest BCUT2D eigenvalue weighted by Crippen LogP contribution is -2.50. The first kappa shape index (κ1) is 20.0. The molecule has 1 aliphatic rings. The van der Waals surface area contributed by atoms with Crippen LogP contribution in [0.3, 0.4) is 0 Å². The number of hydrogen-bond acceptors (Lipinski definition) is 2. The highest BCUT2D eigenvalue weighted by atomic mass is 79.9. The van der Waals surface area contributed by atoms with Crippen molar-refractivity contribution >= 4 is 27.3 Å². The van der Waals surface area contributed by atoms with Crippen molar-refractivity contribution in [2.24, 2.45) is 0 Å². The highest BCUT2D eigenvalue weighted by Crippen LogP contribution is 2.36. The SMILES string of the molecule is CC(CC1=CCCCC1)(N[S@+]([O-])C(C)(C)C)c1cc(Br)ccc1F. The molecule has 0 bridgehead atoms. The third-order valence-corrected chi connectivity index (χ3v) is 6.60. The number of rotatable bonds is 5. The summed E-state index contributed by atoms with van der Waals surface area (Å²) in [6.45, 7) is 7.73. The molecule has 0 spiro atoms. The monoisotopic (exact) mass is 415 g/mol. The summed E-state index contributed by atoms with van der Waals surface area (Å²) in [4.78, 5) is 0. The van der Waals surface area contributed by atoms with Crippen LogP contribution in [-0.4, -0.2) is 9.30 Å². The van der Waals surface area contributed by atoms with E-state index >= 15 is 0 Å². The maximum Gasteiger partial charge on any atom is 0.136 e. The maximum atomic E-state index is 14.6. The minimum absolute atomic E-state index is 0.268. The first-order chi connectivity index (χ1) is 11.1. The van der Waals surface area contributed by atoms with Gasteiger partial charge < -0.3 is 4.55 Å². The van der Waals surface area contributed by atoms with Crippen LogP contribution in [0, 0.1) is 5.82 Å². The van der Waals surface area contributed by atoms with Crippen LogP contribution >= 0.6 is 15.9 Å². The van der Waals surface area contributed by atoms with Crippen LogP contribution < -0.4 is 4.72 Å². The Morgan fingerprint density at radius 3 is 2.54 bits per heavy atom. The fourth-order valence-corrected chi connectivity index (χ4v) is 4.24. The van der Waals surface area contributed by atoms with E-state index in [-0.39, 0.29) is 5.82 Å². The molecule has 2 atom stereocenters. The zero-order valence-electron chi connectivity index (χ0n) is 14.9. The summed E-state index contributed by atoms with van der Waals surface area (Å²) in [6, 6.07) is 4.96. The largest absolute Gasteiger partial charge is 0.598 e. The second-order valence-electron chi connectivity index (χ2n) is 7.72. The minimum Gasteiger partial charge on any atom is -0.598 e. The maximum absolute atomic E-state index is 14.6. The standard InChI is InChI=1S/C19H27BrFNOS/c1-18(2,3)24(23)22-19(4,13-14-8-6-5-7-9-14)16-12-15(20)10-11-17(16)21/h8,10-12,22H,5-7,9,13H2,1-4H3/t19?,24-/m1/s1. The quantitative estimate of drug-likeness (QED) is 0.490. The van der Waals surface area contributed by atoms with Gasteiger partial charge in [-0.15, -0.1) is 4.72 Å². The third-order valence-electron chi connectivity index (χ3n) is 4.36.